The van der Waals surface area contributed by atoms with Crippen molar-refractivity contribution in [3.63, 3.8) is 0 Å². The van der Waals surface area contributed by atoms with E-state index in [0.717, 1.165) is 12.8 Å². The lowest BCUT2D eigenvalue weighted by Crippen LogP contribution is -2.49. The Kier molecular flexibility index (Phi) is 4.19. The largest absolute Gasteiger partial charge is 0.303 e. The van der Waals surface area contributed by atoms with E-state index >= 15 is 0 Å². The Morgan fingerprint density at radius 2 is 1.71 bits per heavy atom. The molecule has 6 heteroatoms. The van der Waals surface area contributed by atoms with E-state index in [1.807, 2.05) is 0 Å². The quantitative estimate of drug-likeness (QED) is 0.829. The fourth-order valence-corrected chi connectivity index (χ4v) is 2.92. The number of hydrogen-bond acceptors (Lipinski definition) is 3. The molecule has 0 aromatic carbocycles. The molecule has 0 aromatic heterocycles. The van der Waals surface area contributed by atoms with Crippen LogP contribution in [0, 0.1) is 11.3 Å². The number of nitrogens with one attached hydrogen (secondary N) is 1. The molecule has 1 N–H and O–H groups in total. The Balaban J connectivity index is 2.64. The summed E-state index contributed by atoms with van der Waals surface area (Å²) in [6.45, 7) is 8.56. The number of carbonyl (C=O) groups is 1. The van der Waals surface area contributed by atoms with Crippen molar-refractivity contribution in [2.24, 2.45) is 11.3 Å². The molecular formula is C11H22N2O3S. The maximum Gasteiger partial charge on any atom is 0.303 e. The lowest BCUT2D eigenvalue weighted by molar-refractivity contribution is -0.122. The van der Waals surface area contributed by atoms with Gasteiger partial charge >= 0.3 is 10.2 Å². The van der Waals surface area contributed by atoms with Crippen LogP contribution >= 0.6 is 0 Å². The van der Waals surface area contributed by atoms with Crippen LogP contribution in [0.25, 0.3) is 0 Å². The molecule has 0 aliphatic carbocycles. The molecule has 0 radical (unpaired) electrons. The van der Waals surface area contributed by atoms with E-state index in [9.17, 15) is 13.2 Å². The molecule has 0 bridgehead atoms. The van der Waals surface area contributed by atoms with Gasteiger partial charge in [-0.2, -0.15) is 12.7 Å². The van der Waals surface area contributed by atoms with E-state index in [1.54, 1.807) is 13.8 Å². The van der Waals surface area contributed by atoms with Crippen molar-refractivity contribution in [2.45, 2.75) is 40.5 Å². The summed E-state index contributed by atoms with van der Waals surface area (Å²) in [4.78, 5) is 11.4. The van der Waals surface area contributed by atoms with Crippen molar-refractivity contribution in [1.82, 2.24) is 9.03 Å². The van der Waals surface area contributed by atoms with Crippen molar-refractivity contribution < 1.29 is 13.2 Å². The first-order valence-electron chi connectivity index (χ1n) is 5.96. The number of nitrogens with zero attached hydrogens (tertiary/aromatic N) is 1. The zero-order valence-corrected chi connectivity index (χ0v) is 11.8. The Morgan fingerprint density at radius 1 is 1.24 bits per heavy atom. The van der Waals surface area contributed by atoms with Gasteiger partial charge in [-0.3, -0.25) is 4.79 Å². The second-order valence-corrected chi connectivity index (χ2v) is 7.36. The lowest BCUT2D eigenvalue weighted by atomic mass is 9.83. The molecule has 5 nitrogen and oxygen atoms in total. The average Bonchev–Trinajstić information content (AvgIpc) is 2.15. The zero-order chi connectivity index (χ0) is 13.3. The predicted octanol–water partition coefficient (Wildman–Crippen LogP) is 1.13. The van der Waals surface area contributed by atoms with Crippen molar-refractivity contribution in [3.05, 3.63) is 0 Å². The lowest BCUT2D eigenvalue weighted by Gasteiger charge is -2.35. The van der Waals surface area contributed by atoms with Gasteiger partial charge in [0.1, 0.15) is 0 Å². The first kappa shape index (κ1) is 14.4. The summed E-state index contributed by atoms with van der Waals surface area (Å²) in [7, 11) is -3.64. The summed E-state index contributed by atoms with van der Waals surface area (Å²) in [5, 5.41) is 0. The van der Waals surface area contributed by atoms with E-state index < -0.39 is 16.1 Å². The molecule has 0 atom stereocenters. The molecule has 1 aliphatic rings. The molecule has 17 heavy (non-hydrogen) atoms. The van der Waals surface area contributed by atoms with E-state index in [2.05, 4.69) is 18.6 Å². The van der Waals surface area contributed by atoms with Gasteiger partial charge < -0.3 is 0 Å². The van der Waals surface area contributed by atoms with E-state index in [-0.39, 0.29) is 11.3 Å². The molecule has 1 rings (SSSR count). The highest BCUT2D eigenvalue weighted by Crippen LogP contribution is 2.30. The number of carbonyl (C=O) groups excluding carboxylic acids is 1. The van der Waals surface area contributed by atoms with Crippen molar-refractivity contribution >= 4 is 16.1 Å². The number of amides is 1. The highest BCUT2D eigenvalue weighted by Gasteiger charge is 2.32. The van der Waals surface area contributed by atoms with Gasteiger partial charge in [0.2, 0.25) is 5.91 Å². The van der Waals surface area contributed by atoms with Crippen LogP contribution in [0.2, 0.25) is 0 Å². The van der Waals surface area contributed by atoms with Crippen molar-refractivity contribution in [3.8, 4) is 0 Å². The third kappa shape index (κ3) is 3.96. The van der Waals surface area contributed by atoms with Crippen LogP contribution < -0.4 is 4.72 Å². The molecular weight excluding hydrogens is 240 g/mol. The smallest absolute Gasteiger partial charge is 0.274 e. The molecule has 1 amide bonds. The maximum atomic E-state index is 11.9. The van der Waals surface area contributed by atoms with Crippen LogP contribution in [-0.4, -0.2) is 31.7 Å². The molecule has 1 saturated heterocycles. The van der Waals surface area contributed by atoms with Gasteiger partial charge in [0.15, 0.2) is 0 Å². The normalized spacial score (nSPS) is 21.5. The van der Waals surface area contributed by atoms with Gasteiger partial charge in [0.05, 0.1) is 0 Å². The van der Waals surface area contributed by atoms with Crippen LogP contribution in [0.15, 0.2) is 0 Å². The predicted molar refractivity (Wildman–Crippen MR) is 66.5 cm³/mol. The number of hydrogen-bond donors (Lipinski definition) is 1. The Labute approximate surface area is 104 Å². The monoisotopic (exact) mass is 262 g/mol. The summed E-state index contributed by atoms with van der Waals surface area (Å²) < 4.78 is 27.3. The van der Waals surface area contributed by atoms with Crippen LogP contribution in [0.1, 0.15) is 40.5 Å². The summed E-state index contributed by atoms with van der Waals surface area (Å²) in [6.07, 6.45) is 1.65. The van der Waals surface area contributed by atoms with Crippen molar-refractivity contribution in [1.29, 1.82) is 0 Å². The number of piperidine rings is 1. The maximum absolute atomic E-state index is 11.9. The Hall–Kier alpha value is -0.620. The SMILES string of the molecule is CC(C)C(=O)NS(=O)(=O)N1CCC(C)(C)CC1. The van der Waals surface area contributed by atoms with Gasteiger partial charge in [0.25, 0.3) is 0 Å². The summed E-state index contributed by atoms with van der Waals surface area (Å²) >= 11 is 0. The van der Waals surface area contributed by atoms with Crippen LogP contribution in [0.3, 0.4) is 0 Å². The Bertz CT molecular complexity index is 378. The molecule has 1 aliphatic heterocycles. The van der Waals surface area contributed by atoms with Crippen molar-refractivity contribution in [2.75, 3.05) is 13.1 Å². The highest BCUT2D eigenvalue weighted by molar-refractivity contribution is 7.87. The molecule has 0 unspecified atom stereocenters. The zero-order valence-electron chi connectivity index (χ0n) is 11.0. The van der Waals surface area contributed by atoms with Crippen LogP contribution in [0.5, 0.6) is 0 Å². The third-order valence-electron chi connectivity index (χ3n) is 3.17. The molecule has 0 spiro atoms. The number of rotatable bonds is 3. The van der Waals surface area contributed by atoms with E-state index in [1.165, 1.54) is 4.31 Å². The van der Waals surface area contributed by atoms with Gasteiger partial charge in [-0.15, -0.1) is 0 Å². The molecule has 1 heterocycles. The third-order valence-corrected chi connectivity index (χ3v) is 4.67. The van der Waals surface area contributed by atoms with Crippen LogP contribution in [-0.2, 0) is 15.0 Å². The summed E-state index contributed by atoms with van der Waals surface area (Å²) in [6, 6.07) is 0. The van der Waals surface area contributed by atoms with E-state index in [0.29, 0.717) is 13.1 Å². The molecule has 0 aromatic rings. The second kappa shape index (κ2) is 4.94. The highest BCUT2D eigenvalue weighted by atomic mass is 32.2. The molecule has 0 saturated carbocycles. The molecule has 1 fully saturated rings. The Morgan fingerprint density at radius 3 is 2.12 bits per heavy atom. The topological polar surface area (TPSA) is 66.5 Å². The fraction of sp³-hybridized carbons (Fsp3) is 0.909. The minimum absolute atomic E-state index is 0.189. The fourth-order valence-electron chi connectivity index (χ4n) is 1.64. The van der Waals surface area contributed by atoms with Crippen LogP contribution in [0.4, 0.5) is 0 Å². The first-order valence-corrected chi connectivity index (χ1v) is 7.40. The van der Waals surface area contributed by atoms with Gasteiger partial charge in [0, 0.05) is 19.0 Å². The minimum atomic E-state index is -3.64. The first-order chi connectivity index (χ1) is 7.64. The van der Waals surface area contributed by atoms with Gasteiger partial charge in [-0.05, 0) is 18.3 Å². The summed E-state index contributed by atoms with van der Waals surface area (Å²) in [5.41, 5.74) is 0.189. The van der Waals surface area contributed by atoms with Gasteiger partial charge in [-0.25, -0.2) is 4.72 Å². The van der Waals surface area contributed by atoms with E-state index in [4.69, 9.17) is 0 Å². The molecule has 100 valence electrons. The summed E-state index contributed by atoms with van der Waals surface area (Å²) in [5.74, 6) is -0.777. The minimum Gasteiger partial charge on any atom is -0.274 e. The second-order valence-electron chi connectivity index (χ2n) is 5.69. The average molecular weight is 262 g/mol. The standard InChI is InChI=1S/C11H22N2O3S/c1-9(2)10(14)12-17(15,16)13-7-5-11(3,4)6-8-13/h9H,5-8H2,1-4H3,(H,12,14). The van der Waals surface area contributed by atoms with Gasteiger partial charge in [-0.1, -0.05) is 27.7 Å².